The topological polar surface area (TPSA) is 63.2 Å². The number of amides is 1. The van der Waals surface area contributed by atoms with E-state index in [4.69, 9.17) is 11.6 Å². The summed E-state index contributed by atoms with van der Waals surface area (Å²) in [5.41, 5.74) is 1.12. The first-order chi connectivity index (χ1) is 9.94. The number of carbonyl (C=O) groups excluding carboxylic acids is 1. The summed E-state index contributed by atoms with van der Waals surface area (Å²) in [6.45, 7) is 0.458. The Morgan fingerprint density at radius 1 is 1.33 bits per heavy atom. The standard InChI is InChI=1S/C14H18ClNO3S2/c15-13-3-1-11(2-4-13)8-20-9-14(17)16-7-12-5-6-21(18,19)10-12/h1-4,12H,5-10H2,(H,16,17). The normalized spacial score (nSPS) is 20.3. The highest BCUT2D eigenvalue weighted by Crippen LogP contribution is 2.18. The molecule has 21 heavy (non-hydrogen) atoms. The monoisotopic (exact) mass is 347 g/mol. The number of hydrogen-bond donors (Lipinski definition) is 1. The van der Waals surface area contributed by atoms with Gasteiger partial charge in [0.2, 0.25) is 5.91 Å². The van der Waals surface area contributed by atoms with Crippen molar-refractivity contribution < 1.29 is 13.2 Å². The molecule has 1 aromatic rings. The van der Waals surface area contributed by atoms with Gasteiger partial charge in [-0.3, -0.25) is 4.79 Å². The molecule has 0 bridgehead atoms. The lowest BCUT2D eigenvalue weighted by Crippen LogP contribution is -2.31. The molecule has 1 aliphatic heterocycles. The van der Waals surface area contributed by atoms with Crippen LogP contribution in [0.5, 0.6) is 0 Å². The van der Waals surface area contributed by atoms with Crippen LogP contribution in [0.1, 0.15) is 12.0 Å². The quantitative estimate of drug-likeness (QED) is 0.856. The van der Waals surface area contributed by atoms with E-state index in [2.05, 4.69) is 5.32 Å². The molecular formula is C14H18ClNO3S2. The average molecular weight is 348 g/mol. The number of benzene rings is 1. The highest BCUT2D eigenvalue weighted by Gasteiger charge is 2.27. The molecule has 1 N–H and O–H groups in total. The van der Waals surface area contributed by atoms with E-state index in [1.807, 2.05) is 24.3 Å². The molecule has 1 amide bonds. The van der Waals surface area contributed by atoms with Crippen LogP contribution in [0.25, 0.3) is 0 Å². The summed E-state index contributed by atoms with van der Waals surface area (Å²) in [6, 6.07) is 7.54. The highest BCUT2D eigenvalue weighted by molar-refractivity contribution is 7.99. The molecular weight excluding hydrogens is 330 g/mol. The lowest BCUT2D eigenvalue weighted by Gasteiger charge is -2.09. The average Bonchev–Trinajstić information content (AvgIpc) is 2.78. The van der Waals surface area contributed by atoms with Crippen molar-refractivity contribution in [3.05, 3.63) is 34.9 Å². The van der Waals surface area contributed by atoms with Crippen LogP contribution >= 0.6 is 23.4 Å². The third-order valence-electron chi connectivity index (χ3n) is 3.33. The zero-order chi connectivity index (χ0) is 15.3. The molecule has 1 aromatic carbocycles. The van der Waals surface area contributed by atoms with Gasteiger partial charge in [-0.2, -0.15) is 0 Å². The smallest absolute Gasteiger partial charge is 0.230 e. The van der Waals surface area contributed by atoms with Gasteiger partial charge in [-0.05, 0) is 30.0 Å². The van der Waals surface area contributed by atoms with Crippen molar-refractivity contribution in [2.45, 2.75) is 12.2 Å². The van der Waals surface area contributed by atoms with E-state index in [1.54, 1.807) is 0 Å². The molecule has 1 atom stereocenters. The van der Waals surface area contributed by atoms with Crippen LogP contribution in [0.15, 0.2) is 24.3 Å². The maximum Gasteiger partial charge on any atom is 0.230 e. The van der Waals surface area contributed by atoms with Gasteiger partial charge in [0.25, 0.3) is 0 Å². The molecule has 1 unspecified atom stereocenters. The predicted molar refractivity (Wildman–Crippen MR) is 87.4 cm³/mol. The molecule has 0 aromatic heterocycles. The van der Waals surface area contributed by atoms with Crippen molar-refractivity contribution in [2.24, 2.45) is 5.92 Å². The fourth-order valence-corrected chi connectivity index (χ4v) is 4.99. The molecule has 1 heterocycles. The summed E-state index contributed by atoms with van der Waals surface area (Å²) in [4.78, 5) is 11.7. The lowest BCUT2D eigenvalue weighted by atomic mass is 10.1. The molecule has 4 nitrogen and oxygen atoms in total. The largest absolute Gasteiger partial charge is 0.355 e. The van der Waals surface area contributed by atoms with Crippen molar-refractivity contribution in [1.29, 1.82) is 0 Å². The van der Waals surface area contributed by atoms with Gasteiger partial charge >= 0.3 is 0 Å². The number of carbonyl (C=O) groups is 1. The summed E-state index contributed by atoms with van der Waals surface area (Å²) >= 11 is 7.34. The van der Waals surface area contributed by atoms with Crippen LogP contribution in [0.2, 0.25) is 5.02 Å². The Bertz CT molecular complexity index is 587. The van der Waals surface area contributed by atoms with Crippen molar-refractivity contribution in [3.8, 4) is 0 Å². The molecule has 116 valence electrons. The molecule has 0 spiro atoms. The second-order valence-corrected chi connectivity index (χ2v) is 8.84. The van der Waals surface area contributed by atoms with Gasteiger partial charge in [0.05, 0.1) is 17.3 Å². The summed E-state index contributed by atoms with van der Waals surface area (Å²) in [6.07, 6.45) is 0.653. The second kappa shape index (κ2) is 7.51. The van der Waals surface area contributed by atoms with Gasteiger partial charge in [0.1, 0.15) is 0 Å². The van der Waals surface area contributed by atoms with Crippen molar-refractivity contribution in [2.75, 3.05) is 23.8 Å². The molecule has 0 saturated carbocycles. The van der Waals surface area contributed by atoms with Crippen LogP contribution in [-0.2, 0) is 20.4 Å². The third-order valence-corrected chi connectivity index (χ3v) is 6.42. The Morgan fingerprint density at radius 2 is 2.05 bits per heavy atom. The van der Waals surface area contributed by atoms with Crippen LogP contribution in [0.4, 0.5) is 0 Å². The fourth-order valence-electron chi connectivity index (χ4n) is 2.18. The highest BCUT2D eigenvalue weighted by atomic mass is 35.5. The SMILES string of the molecule is O=C(CSCc1ccc(Cl)cc1)NCC1CCS(=O)(=O)C1. The number of nitrogens with one attached hydrogen (secondary N) is 1. The molecule has 1 fully saturated rings. The molecule has 1 saturated heterocycles. The Kier molecular flexibility index (Phi) is 5.96. The van der Waals surface area contributed by atoms with Gasteiger partial charge in [-0.1, -0.05) is 23.7 Å². The Labute approximate surface area is 134 Å². The molecule has 0 radical (unpaired) electrons. The van der Waals surface area contributed by atoms with Crippen molar-refractivity contribution in [3.63, 3.8) is 0 Å². The summed E-state index contributed by atoms with van der Waals surface area (Å²) in [5.74, 6) is 1.60. The zero-order valence-electron chi connectivity index (χ0n) is 11.5. The minimum absolute atomic E-state index is 0.0433. The Balaban J connectivity index is 1.63. The first-order valence-electron chi connectivity index (χ1n) is 6.74. The van der Waals surface area contributed by atoms with Crippen LogP contribution in [-0.4, -0.2) is 38.1 Å². The third kappa shape index (κ3) is 5.88. The van der Waals surface area contributed by atoms with Crippen molar-refractivity contribution >= 4 is 39.1 Å². The zero-order valence-corrected chi connectivity index (χ0v) is 13.9. The van der Waals surface area contributed by atoms with Gasteiger partial charge in [0, 0.05) is 17.3 Å². The van der Waals surface area contributed by atoms with E-state index in [1.165, 1.54) is 11.8 Å². The minimum Gasteiger partial charge on any atom is -0.355 e. The number of thioether (sulfide) groups is 1. The fraction of sp³-hybridized carbons (Fsp3) is 0.500. The first kappa shape index (κ1) is 16.6. The molecule has 2 rings (SSSR count). The number of sulfone groups is 1. The maximum atomic E-state index is 11.7. The molecule has 0 aliphatic carbocycles. The maximum absolute atomic E-state index is 11.7. The Morgan fingerprint density at radius 3 is 2.67 bits per heavy atom. The minimum atomic E-state index is -2.87. The summed E-state index contributed by atoms with van der Waals surface area (Å²) in [5, 5.41) is 3.51. The van der Waals surface area contributed by atoms with E-state index in [0.717, 1.165) is 11.3 Å². The van der Waals surface area contributed by atoms with E-state index in [-0.39, 0.29) is 23.3 Å². The number of hydrogen-bond acceptors (Lipinski definition) is 4. The summed E-state index contributed by atoms with van der Waals surface area (Å²) < 4.78 is 22.6. The van der Waals surface area contributed by atoms with Gasteiger partial charge in [-0.15, -0.1) is 11.8 Å². The van der Waals surface area contributed by atoms with Gasteiger partial charge in [-0.25, -0.2) is 8.42 Å². The van der Waals surface area contributed by atoms with E-state index < -0.39 is 9.84 Å². The van der Waals surface area contributed by atoms with E-state index >= 15 is 0 Å². The Hall–Kier alpha value is -0.720. The van der Waals surface area contributed by atoms with Crippen LogP contribution in [0, 0.1) is 5.92 Å². The second-order valence-electron chi connectivity index (χ2n) is 5.19. The van der Waals surface area contributed by atoms with Gasteiger partial charge in [0.15, 0.2) is 9.84 Å². The van der Waals surface area contributed by atoms with Gasteiger partial charge < -0.3 is 5.32 Å². The van der Waals surface area contributed by atoms with Crippen LogP contribution in [0.3, 0.4) is 0 Å². The first-order valence-corrected chi connectivity index (χ1v) is 10.1. The number of halogens is 1. The number of rotatable bonds is 6. The van der Waals surface area contributed by atoms with Crippen molar-refractivity contribution in [1.82, 2.24) is 5.32 Å². The molecule has 7 heteroatoms. The van der Waals surface area contributed by atoms with E-state index in [9.17, 15) is 13.2 Å². The van der Waals surface area contributed by atoms with Crippen LogP contribution < -0.4 is 5.32 Å². The molecule has 1 aliphatic rings. The van der Waals surface area contributed by atoms with E-state index in [0.29, 0.717) is 23.7 Å². The summed E-state index contributed by atoms with van der Waals surface area (Å²) in [7, 11) is -2.87. The predicted octanol–water partition coefficient (Wildman–Crippen LogP) is 2.12. The lowest BCUT2D eigenvalue weighted by molar-refractivity contribution is -0.118.